The molecule has 3 aliphatic rings. The van der Waals surface area contributed by atoms with Crippen LogP contribution in [0.25, 0.3) is 0 Å². The predicted molar refractivity (Wildman–Crippen MR) is 210 cm³/mol. The van der Waals surface area contributed by atoms with Crippen LogP contribution in [0.5, 0.6) is 0 Å². The number of thiophene rings is 1. The van der Waals surface area contributed by atoms with Gasteiger partial charge in [-0.15, -0.1) is 11.3 Å². The number of allylic oxidation sites excluding steroid dienone is 2. The van der Waals surface area contributed by atoms with Gasteiger partial charge in [-0.25, -0.2) is 8.78 Å². The van der Waals surface area contributed by atoms with Crippen LogP contribution in [0.15, 0.2) is 95.9 Å². The number of fused-ring (bicyclic) bond motifs is 8. The lowest BCUT2D eigenvalue weighted by atomic mass is 9.64. The molecule has 6 nitrogen and oxygen atoms in total. The SMILES string of the molecule is CC1=CCCC2(C)C(CCC2(O)CN(CCc2cccs2)CC(O)COCc2ccccc2)c2ccc(cc2C(=O)c2ccc(F)c(F)c2)CC(O)CC1. The third kappa shape index (κ3) is 9.62. The molecule has 1 aromatic heterocycles. The molecule has 5 unspecified atom stereocenters. The van der Waals surface area contributed by atoms with Gasteiger partial charge in [0.15, 0.2) is 17.4 Å². The minimum Gasteiger partial charge on any atom is -0.393 e. The van der Waals surface area contributed by atoms with Gasteiger partial charge in [-0.3, -0.25) is 9.69 Å². The summed E-state index contributed by atoms with van der Waals surface area (Å²) in [7, 11) is 0. The number of ketones is 1. The Morgan fingerprint density at radius 3 is 2.59 bits per heavy atom. The van der Waals surface area contributed by atoms with E-state index in [1.165, 1.54) is 16.5 Å². The first kappa shape index (κ1) is 40.1. The number of aliphatic hydroxyl groups is 3. The first-order valence-corrected chi connectivity index (χ1v) is 20.1. The van der Waals surface area contributed by atoms with Crippen LogP contribution in [0.4, 0.5) is 8.78 Å². The van der Waals surface area contributed by atoms with Crippen molar-refractivity contribution < 1.29 is 33.6 Å². The molecule has 1 fully saturated rings. The second-order valence-corrected chi connectivity index (χ2v) is 16.7. The van der Waals surface area contributed by atoms with Crippen LogP contribution in [0.3, 0.4) is 0 Å². The Kier molecular flexibility index (Phi) is 13.3. The Bertz CT molecular complexity index is 1880. The van der Waals surface area contributed by atoms with Crippen molar-refractivity contribution in [2.75, 3.05) is 26.2 Å². The van der Waals surface area contributed by atoms with E-state index in [-0.39, 0.29) is 18.1 Å². The lowest BCUT2D eigenvalue weighted by molar-refractivity contribution is -0.0905. The summed E-state index contributed by atoms with van der Waals surface area (Å²) in [6, 6.07) is 22.9. The van der Waals surface area contributed by atoms with Gasteiger partial charge in [0.1, 0.15) is 0 Å². The molecule has 9 heteroatoms. The van der Waals surface area contributed by atoms with Crippen LogP contribution in [-0.4, -0.2) is 70.1 Å². The Morgan fingerprint density at radius 2 is 1.83 bits per heavy atom. The number of halogens is 2. The molecule has 3 aliphatic carbocycles. The maximum atomic E-state index is 14.4. The van der Waals surface area contributed by atoms with Gasteiger partial charge in [-0.2, -0.15) is 0 Å². The minimum atomic E-state index is -1.19. The smallest absolute Gasteiger partial charge is 0.193 e. The molecule has 0 radical (unpaired) electrons. The molecular weight excluding hydrogens is 705 g/mol. The molecule has 4 aromatic rings. The monoisotopic (exact) mass is 757 g/mol. The van der Waals surface area contributed by atoms with Crippen molar-refractivity contribution in [3.63, 3.8) is 0 Å². The second-order valence-electron chi connectivity index (χ2n) is 15.6. The molecule has 3 N–H and O–H groups in total. The normalized spacial score (nSPS) is 23.9. The van der Waals surface area contributed by atoms with Gasteiger partial charge in [0.25, 0.3) is 0 Å². The Morgan fingerprint density at radius 1 is 1.02 bits per heavy atom. The van der Waals surface area contributed by atoms with Crippen LogP contribution < -0.4 is 0 Å². The summed E-state index contributed by atoms with van der Waals surface area (Å²) in [5.41, 5.74) is 2.31. The van der Waals surface area contributed by atoms with Crippen molar-refractivity contribution in [3.8, 4) is 0 Å². The Hall–Kier alpha value is -3.57. The molecule has 0 saturated heterocycles. The zero-order valence-corrected chi connectivity index (χ0v) is 32.2. The summed E-state index contributed by atoms with van der Waals surface area (Å²) in [5, 5.41) is 37.2. The van der Waals surface area contributed by atoms with Crippen LogP contribution in [0.1, 0.15) is 95.8 Å². The molecule has 1 heterocycles. The fraction of sp³-hybridized carbons (Fsp3) is 0.444. The molecule has 0 spiro atoms. The lowest BCUT2D eigenvalue weighted by Crippen LogP contribution is -2.54. The highest BCUT2D eigenvalue weighted by Crippen LogP contribution is 2.59. The van der Waals surface area contributed by atoms with Crippen LogP contribution in [-0.2, 0) is 24.2 Å². The topological polar surface area (TPSA) is 90.2 Å². The van der Waals surface area contributed by atoms with Gasteiger partial charge in [0, 0.05) is 41.1 Å². The molecule has 54 heavy (non-hydrogen) atoms. The maximum absolute atomic E-state index is 14.4. The van der Waals surface area contributed by atoms with E-state index in [0.29, 0.717) is 70.3 Å². The number of carbonyl (C=O) groups is 1. The van der Waals surface area contributed by atoms with E-state index < -0.39 is 40.6 Å². The van der Waals surface area contributed by atoms with Crippen LogP contribution in [0.2, 0.25) is 0 Å². The number of ether oxygens (including phenoxy) is 1. The number of aliphatic hydroxyl groups excluding tert-OH is 2. The summed E-state index contributed by atoms with van der Waals surface area (Å²) in [6.45, 7) is 6.03. The average Bonchev–Trinajstić information content (AvgIpc) is 3.76. The molecule has 288 valence electrons. The number of hydrogen-bond donors (Lipinski definition) is 3. The van der Waals surface area contributed by atoms with E-state index in [0.717, 1.165) is 41.7 Å². The molecule has 0 aliphatic heterocycles. The van der Waals surface area contributed by atoms with Crippen molar-refractivity contribution in [3.05, 3.63) is 140 Å². The molecule has 5 atom stereocenters. The van der Waals surface area contributed by atoms with E-state index in [1.807, 2.05) is 48.5 Å². The van der Waals surface area contributed by atoms with Crippen LogP contribution >= 0.6 is 11.3 Å². The largest absolute Gasteiger partial charge is 0.393 e. The van der Waals surface area contributed by atoms with E-state index >= 15 is 0 Å². The first-order valence-electron chi connectivity index (χ1n) is 19.2. The van der Waals surface area contributed by atoms with E-state index in [1.54, 1.807) is 17.4 Å². The number of benzene rings is 3. The zero-order chi connectivity index (χ0) is 38.3. The van der Waals surface area contributed by atoms with E-state index in [9.17, 15) is 28.9 Å². The number of hydrogen-bond acceptors (Lipinski definition) is 7. The van der Waals surface area contributed by atoms with Gasteiger partial charge in [-0.05, 0) is 117 Å². The average molecular weight is 758 g/mol. The molecule has 2 bridgehead atoms. The quantitative estimate of drug-likeness (QED) is 0.0938. The molecule has 1 saturated carbocycles. The summed E-state index contributed by atoms with van der Waals surface area (Å²) in [4.78, 5) is 17.6. The summed E-state index contributed by atoms with van der Waals surface area (Å²) in [5.74, 6) is -2.77. The predicted octanol–water partition coefficient (Wildman–Crippen LogP) is 8.42. The highest BCUT2D eigenvalue weighted by molar-refractivity contribution is 7.09. The number of nitrogens with zero attached hydrogens (tertiary/aromatic N) is 1. The zero-order valence-electron chi connectivity index (χ0n) is 31.4. The molecular formula is C45H53F2NO5S. The lowest BCUT2D eigenvalue weighted by Gasteiger charge is -2.46. The molecule has 0 amide bonds. The Labute approximate surface area is 322 Å². The van der Waals surface area contributed by atoms with Gasteiger partial charge in [0.05, 0.1) is 31.0 Å². The third-order valence-electron chi connectivity index (χ3n) is 11.7. The number of rotatable bonds is 13. The van der Waals surface area contributed by atoms with Crippen molar-refractivity contribution in [1.29, 1.82) is 0 Å². The van der Waals surface area contributed by atoms with Crippen molar-refractivity contribution in [2.45, 2.75) is 95.5 Å². The van der Waals surface area contributed by atoms with Gasteiger partial charge in [0.2, 0.25) is 0 Å². The van der Waals surface area contributed by atoms with Crippen molar-refractivity contribution in [2.24, 2.45) is 5.41 Å². The first-order chi connectivity index (χ1) is 25.9. The maximum Gasteiger partial charge on any atom is 0.193 e. The third-order valence-corrected chi connectivity index (χ3v) is 12.7. The van der Waals surface area contributed by atoms with Crippen molar-refractivity contribution in [1.82, 2.24) is 4.90 Å². The van der Waals surface area contributed by atoms with E-state index in [2.05, 4.69) is 36.3 Å². The summed E-state index contributed by atoms with van der Waals surface area (Å²) in [6.07, 6.45) is 5.67. The van der Waals surface area contributed by atoms with E-state index in [4.69, 9.17) is 4.74 Å². The minimum absolute atomic E-state index is 0.0470. The fourth-order valence-electron chi connectivity index (χ4n) is 8.56. The van der Waals surface area contributed by atoms with Crippen molar-refractivity contribution >= 4 is 17.1 Å². The Balaban J connectivity index is 1.32. The van der Waals surface area contributed by atoms with Crippen LogP contribution in [0, 0.1) is 17.0 Å². The summed E-state index contributed by atoms with van der Waals surface area (Å²) < 4.78 is 34.3. The number of carbonyl (C=O) groups excluding carboxylic acids is 1. The standard InChI is InChI=1S/C45H53F2NO5S/c1-31-8-6-20-44(2)40(38-16-13-33(24-35(49)15-12-31)25-39(38)43(51)34-14-17-41(46)42(47)26-34)18-21-45(44,52)30-48(22-19-37-11-7-23-54-37)27-36(50)29-53-28-32-9-4-3-5-10-32/h3-5,7-11,13-14,16-17,23,25-26,35-36,40,49-50,52H,6,12,15,18-22,24,27-30H2,1-2H3. The summed E-state index contributed by atoms with van der Waals surface area (Å²) >= 11 is 1.69. The van der Waals surface area contributed by atoms with Gasteiger partial charge < -0.3 is 20.1 Å². The molecule has 7 rings (SSSR count). The highest BCUT2D eigenvalue weighted by Gasteiger charge is 2.57. The second kappa shape index (κ2) is 17.9. The van der Waals surface area contributed by atoms with Gasteiger partial charge in [-0.1, -0.05) is 67.1 Å². The fourth-order valence-corrected chi connectivity index (χ4v) is 9.25. The molecule has 3 aromatic carbocycles. The van der Waals surface area contributed by atoms with Gasteiger partial charge >= 0.3 is 0 Å². The highest BCUT2D eigenvalue weighted by atomic mass is 32.1.